The van der Waals surface area contributed by atoms with E-state index in [0.717, 1.165) is 16.6 Å². The molecule has 1 saturated heterocycles. The van der Waals surface area contributed by atoms with Crippen LogP contribution < -0.4 is 15.8 Å². The minimum Gasteiger partial charge on any atom is -0.314 e. The number of aryl methyl sites for hydroxylation is 1. The van der Waals surface area contributed by atoms with Crippen LogP contribution in [0.4, 0.5) is 5.69 Å². The average molecular weight is 374 g/mol. The van der Waals surface area contributed by atoms with Gasteiger partial charge < -0.3 is 4.90 Å². The van der Waals surface area contributed by atoms with Crippen molar-refractivity contribution < 1.29 is 4.79 Å². The van der Waals surface area contributed by atoms with Crippen molar-refractivity contribution in [1.29, 1.82) is 0 Å². The third-order valence-electron chi connectivity index (χ3n) is 4.23. The number of nitrogens with one attached hydrogen (secondary N) is 2. The van der Waals surface area contributed by atoms with Gasteiger partial charge in [0.25, 0.3) is 0 Å². The average Bonchev–Trinajstić information content (AvgIpc) is 3.05. The summed E-state index contributed by atoms with van der Waals surface area (Å²) in [6, 6.07) is 16.1. The van der Waals surface area contributed by atoms with Gasteiger partial charge in [-0.1, -0.05) is 45.8 Å². The predicted molar refractivity (Wildman–Crippen MR) is 96.1 cm³/mol. The van der Waals surface area contributed by atoms with E-state index in [1.54, 1.807) is 4.90 Å². The van der Waals surface area contributed by atoms with E-state index in [9.17, 15) is 4.79 Å². The molecule has 1 heterocycles. The van der Waals surface area contributed by atoms with Crippen LogP contribution in [-0.2, 0) is 4.79 Å². The minimum atomic E-state index is -0.227. The van der Waals surface area contributed by atoms with Crippen molar-refractivity contribution >= 4 is 27.5 Å². The van der Waals surface area contributed by atoms with Crippen LogP contribution in [0.15, 0.2) is 53.0 Å². The number of hydrazine groups is 1. The molecule has 1 fully saturated rings. The summed E-state index contributed by atoms with van der Waals surface area (Å²) in [4.78, 5) is 14.4. The fourth-order valence-corrected chi connectivity index (χ4v) is 3.03. The maximum atomic E-state index is 12.7. The Kier molecular flexibility index (Phi) is 4.80. The quantitative estimate of drug-likeness (QED) is 0.866. The summed E-state index contributed by atoms with van der Waals surface area (Å²) in [6.45, 7) is 2.04. The maximum Gasteiger partial charge on any atom is 0.245 e. The molecule has 0 bridgehead atoms. The number of carbonyl (C=O) groups is 1. The monoisotopic (exact) mass is 373 g/mol. The van der Waals surface area contributed by atoms with E-state index in [1.165, 1.54) is 11.1 Å². The van der Waals surface area contributed by atoms with Gasteiger partial charge in [-0.15, -0.1) is 0 Å². The molecular weight excluding hydrogens is 354 g/mol. The van der Waals surface area contributed by atoms with E-state index in [0.29, 0.717) is 0 Å². The van der Waals surface area contributed by atoms with Crippen LogP contribution in [0.25, 0.3) is 0 Å². The number of nitrogens with zero attached hydrogens (tertiary/aromatic N) is 1. The van der Waals surface area contributed by atoms with Crippen LogP contribution >= 0.6 is 15.9 Å². The lowest BCUT2D eigenvalue weighted by atomic mass is 10.0. The van der Waals surface area contributed by atoms with E-state index >= 15 is 0 Å². The minimum absolute atomic E-state index is 0.0703. The molecule has 23 heavy (non-hydrogen) atoms. The number of halogens is 1. The van der Waals surface area contributed by atoms with Crippen molar-refractivity contribution in [3.05, 3.63) is 64.1 Å². The Morgan fingerprint density at radius 3 is 2.39 bits per heavy atom. The zero-order valence-electron chi connectivity index (χ0n) is 13.2. The van der Waals surface area contributed by atoms with Crippen LogP contribution in [0.2, 0.25) is 0 Å². The molecule has 120 valence electrons. The van der Waals surface area contributed by atoms with Gasteiger partial charge in [0.2, 0.25) is 5.91 Å². The second-order valence-electron chi connectivity index (χ2n) is 5.91. The number of benzene rings is 2. The van der Waals surface area contributed by atoms with E-state index in [2.05, 4.69) is 38.9 Å². The zero-order chi connectivity index (χ0) is 16.4. The van der Waals surface area contributed by atoms with Crippen molar-refractivity contribution in [3.8, 4) is 0 Å². The molecular formula is C18H20BrN3O. The molecule has 2 unspecified atom stereocenters. The number of carbonyl (C=O) groups excluding carboxylic acids is 1. The molecule has 1 aliphatic rings. The first-order chi connectivity index (χ1) is 11.0. The standard InChI is InChI=1S/C18H20BrN3O/c1-12-3-9-15(10-4-12)22(2)18(23)17-11-16(20-21-17)13-5-7-14(19)8-6-13/h3-10,16-17,20-21H,11H2,1-2H3. The first-order valence-corrected chi connectivity index (χ1v) is 8.44. The highest BCUT2D eigenvalue weighted by molar-refractivity contribution is 9.10. The van der Waals surface area contributed by atoms with Gasteiger partial charge in [0.1, 0.15) is 6.04 Å². The Morgan fingerprint density at radius 1 is 1.09 bits per heavy atom. The first kappa shape index (κ1) is 16.2. The number of hydrogen-bond acceptors (Lipinski definition) is 3. The zero-order valence-corrected chi connectivity index (χ0v) is 14.8. The molecule has 1 amide bonds. The highest BCUT2D eigenvalue weighted by Crippen LogP contribution is 2.25. The normalized spacial score (nSPS) is 20.5. The summed E-state index contributed by atoms with van der Waals surface area (Å²) < 4.78 is 1.05. The highest BCUT2D eigenvalue weighted by Gasteiger charge is 2.32. The molecule has 0 spiro atoms. The number of anilines is 1. The van der Waals surface area contributed by atoms with Gasteiger partial charge in [-0.2, -0.15) is 0 Å². The van der Waals surface area contributed by atoms with Crippen molar-refractivity contribution in [2.24, 2.45) is 0 Å². The Hall–Kier alpha value is -1.69. The molecule has 0 aliphatic carbocycles. The van der Waals surface area contributed by atoms with Gasteiger partial charge in [-0.25, -0.2) is 10.9 Å². The molecule has 2 N–H and O–H groups in total. The lowest BCUT2D eigenvalue weighted by Gasteiger charge is -2.21. The van der Waals surface area contributed by atoms with Crippen molar-refractivity contribution in [2.75, 3.05) is 11.9 Å². The van der Waals surface area contributed by atoms with Crippen LogP contribution in [0.5, 0.6) is 0 Å². The van der Waals surface area contributed by atoms with Crippen molar-refractivity contribution in [1.82, 2.24) is 10.9 Å². The third kappa shape index (κ3) is 3.63. The van der Waals surface area contributed by atoms with Crippen LogP contribution in [0.3, 0.4) is 0 Å². The molecule has 4 nitrogen and oxygen atoms in total. The lowest BCUT2D eigenvalue weighted by Crippen LogP contribution is -2.44. The van der Waals surface area contributed by atoms with Gasteiger partial charge >= 0.3 is 0 Å². The van der Waals surface area contributed by atoms with Crippen LogP contribution in [-0.4, -0.2) is 19.0 Å². The maximum absolute atomic E-state index is 12.7. The Balaban J connectivity index is 1.67. The molecule has 3 rings (SSSR count). The smallest absolute Gasteiger partial charge is 0.245 e. The Morgan fingerprint density at radius 2 is 1.74 bits per heavy atom. The number of hydrogen-bond donors (Lipinski definition) is 2. The van der Waals surface area contributed by atoms with Crippen LogP contribution in [0, 0.1) is 6.92 Å². The van der Waals surface area contributed by atoms with Crippen LogP contribution in [0.1, 0.15) is 23.6 Å². The van der Waals surface area contributed by atoms with E-state index in [-0.39, 0.29) is 18.0 Å². The first-order valence-electron chi connectivity index (χ1n) is 7.65. The van der Waals surface area contributed by atoms with Gasteiger partial charge in [0.15, 0.2) is 0 Å². The van der Waals surface area contributed by atoms with E-state index in [1.807, 2.05) is 50.4 Å². The number of likely N-dealkylation sites (N-methyl/N-ethyl adjacent to an activating group) is 1. The molecule has 0 radical (unpaired) electrons. The van der Waals surface area contributed by atoms with Crippen molar-refractivity contribution in [3.63, 3.8) is 0 Å². The summed E-state index contributed by atoms with van der Waals surface area (Å²) in [7, 11) is 1.82. The van der Waals surface area contributed by atoms with Gasteiger partial charge in [0, 0.05) is 23.2 Å². The fraction of sp³-hybridized carbons (Fsp3) is 0.278. The third-order valence-corrected chi connectivity index (χ3v) is 4.75. The van der Waals surface area contributed by atoms with E-state index < -0.39 is 0 Å². The summed E-state index contributed by atoms with van der Waals surface area (Å²) in [6.07, 6.45) is 0.733. The summed E-state index contributed by atoms with van der Waals surface area (Å²) in [5.74, 6) is 0.0703. The SMILES string of the molecule is Cc1ccc(N(C)C(=O)C2CC(c3ccc(Br)cc3)NN2)cc1. The Labute approximate surface area is 145 Å². The molecule has 2 aromatic carbocycles. The molecule has 2 atom stereocenters. The summed E-state index contributed by atoms with van der Waals surface area (Å²) in [5.41, 5.74) is 9.63. The summed E-state index contributed by atoms with van der Waals surface area (Å²) in [5, 5.41) is 0. The predicted octanol–water partition coefficient (Wildman–Crippen LogP) is 3.33. The lowest BCUT2D eigenvalue weighted by molar-refractivity contribution is -0.120. The topological polar surface area (TPSA) is 44.4 Å². The number of amides is 1. The highest BCUT2D eigenvalue weighted by atomic mass is 79.9. The summed E-state index contributed by atoms with van der Waals surface area (Å²) >= 11 is 3.44. The van der Waals surface area contributed by atoms with Crippen molar-refractivity contribution in [2.45, 2.75) is 25.4 Å². The fourth-order valence-electron chi connectivity index (χ4n) is 2.76. The molecule has 1 aliphatic heterocycles. The van der Waals surface area contributed by atoms with E-state index in [4.69, 9.17) is 0 Å². The second-order valence-corrected chi connectivity index (χ2v) is 6.83. The second kappa shape index (κ2) is 6.83. The largest absolute Gasteiger partial charge is 0.314 e. The Bertz CT molecular complexity index is 684. The molecule has 0 saturated carbocycles. The molecule has 5 heteroatoms. The molecule has 2 aromatic rings. The van der Waals surface area contributed by atoms with Gasteiger partial charge in [0.05, 0.1) is 0 Å². The van der Waals surface area contributed by atoms with Gasteiger partial charge in [-0.3, -0.25) is 4.79 Å². The van der Waals surface area contributed by atoms with Gasteiger partial charge in [-0.05, 0) is 43.2 Å². The number of rotatable bonds is 3. The molecule has 0 aromatic heterocycles.